The molecule has 0 saturated heterocycles. The van der Waals surface area contributed by atoms with Gasteiger partial charge in [-0.1, -0.05) is 0 Å². The van der Waals surface area contributed by atoms with Gasteiger partial charge in [-0.15, -0.1) is 0 Å². The van der Waals surface area contributed by atoms with E-state index in [4.69, 9.17) is 0 Å². The third kappa shape index (κ3) is 4.55. The number of hydrogen-bond acceptors (Lipinski definition) is 4. The van der Waals surface area contributed by atoms with E-state index in [2.05, 4.69) is 20.7 Å². The molecule has 1 rings (SSSR count). The predicted octanol–water partition coefficient (Wildman–Crippen LogP) is -0.569. The first-order chi connectivity index (χ1) is 7.22. The molecule has 0 bridgehead atoms. The number of carbonyl (C=O) groups is 1. The molecule has 2 N–H and O–H groups in total. The Balaban J connectivity index is 2.09. The number of amides is 1. The van der Waals surface area contributed by atoms with E-state index in [1.165, 1.54) is 0 Å². The van der Waals surface area contributed by atoms with Gasteiger partial charge in [-0.2, -0.15) is 5.10 Å². The van der Waals surface area contributed by atoms with Crippen molar-refractivity contribution in [3.8, 4) is 0 Å². The zero-order valence-electron chi connectivity index (χ0n) is 9.16. The first-order valence-electron chi connectivity index (χ1n) is 5.04. The molecule has 0 spiro atoms. The number of carbonyl (C=O) groups excluding carboxylic acids is 1. The average Bonchev–Trinajstić information content (AvgIpc) is 2.60. The maximum atomic E-state index is 11.1. The number of nitrogens with zero attached hydrogens (tertiary/aromatic N) is 3. The van der Waals surface area contributed by atoms with Crippen LogP contribution in [0.25, 0.3) is 0 Å². The molecular formula is C9H17N5O. The van der Waals surface area contributed by atoms with Crippen LogP contribution in [0.2, 0.25) is 0 Å². The molecule has 0 atom stereocenters. The van der Waals surface area contributed by atoms with Gasteiger partial charge in [0.15, 0.2) is 5.82 Å². The van der Waals surface area contributed by atoms with Crippen molar-refractivity contribution in [1.82, 2.24) is 25.4 Å². The molecule has 0 saturated carbocycles. The van der Waals surface area contributed by atoms with Gasteiger partial charge in [0.1, 0.15) is 6.33 Å². The number of hydrogen-bond donors (Lipinski definition) is 2. The van der Waals surface area contributed by atoms with Crippen LogP contribution >= 0.6 is 0 Å². The van der Waals surface area contributed by atoms with Crippen LogP contribution in [-0.4, -0.2) is 33.8 Å². The van der Waals surface area contributed by atoms with Gasteiger partial charge in [0.25, 0.3) is 0 Å². The van der Waals surface area contributed by atoms with Crippen molar-refractivity contribution in [2.75, 3.05) is 13.1 Å². The lowest BCUT2D eigenvalue weighted by molar-refractivity contribution is -0.120. The molecule has 0 aliphatic carbocycles. The Morgan fingerprint density at radius 2 is 2.40 bits per heavy atom. The van der Waals surface area contributed by atoms with Gasteiger partial charge in [-0.25, -0.2) is 4.98 Å². The molecule has 0 aliphatic heterocycles. The summed E-state index contributed by atoms with van der Waals surface area (Å²) in [5, 5.41) is 9.95. The molecule has 84 valence electrons. The minimum atomic E-state index is 0.0685. The Kier molecular flexibility index (Phi) is 4.76. The van der Waals surface area contributed by atoms with Crippen molar-refractivity contribution in [3.63, 3.8) is 0 Å². The molecule has 1 heterocycles. The van der Waals surface area contributed by atoms with Crippen LogP contribution in [0, 0.1) is 0 Å². The van der Waals surface area contributed by atoms with Crippen molar-refractivity contribution >= 4 is 5.91 Å². The highest BCUT2D eigenvalue weighted by atomic mass is 16.1. The van der Waals surface area contributed by atoms with Crippen molar-refractivity contribution in [2.45, 2.75) is 19.9 Å². The molecule has 1 aromatic rings. The topological polar surface area (TPSA) is 71.8 Å². The summed E-state index contributed by atoms with van der Waals surface area (Å²) in [6, 6.07) is 0. The first-order valence-corrected chi connectivity index (χ1v) is 5.04. The summed E-state index contributed by atoms with van der Waals surface area (Å²) in [4.78, 5) is 15.1. The molecule has 0 radical (unpaired) electrons. The highest BCUT2D eigenvalue weighted by molar-refractivity contribution is 5.75. The fraction of sp³-hybridized carbons (Fsp3) is 0.667. The van der Waals surface area contributed by atoms with Gasteiger partial charge in [0, 0.05) is 26.6 Å². The van der Waals surface area contributed by atoms with Gasteiger partial charge in [0.2, 0.25) is 5.91 Å². The quantitative estimate of drug-likeness (QED) is 0.618. The monoisotopic (exact) mass is 211 g/mol. The van der Waals surface area contributed by atoms with Crippen LogP contribution in [0.3, 0.4) is 0 Å². The van der Waals surface area contributed by atoms with E-state index in [0.717, 1.165) is 5.82 Å². The summed E-state index contributed by atoms with van der Waals surface area (Å²) in [6.45, 7) is 3.83. The minimum absolute atomic E-state index is 0.0685. The fourth-order valence-corrected chi connectivity index (χ4v) is 1.15. The van der Waals surface area contributed by atoms with E-state index < -0.39 is 0 Å². The largest absolute Gasteiger partial charge is 0.356 e. The lowest BCUT2D eigenvalue weighted by Crippen LogP contribution is -2.27. The molecule has 0 aliphatic rings. The van der Waals surface area contributed by atoms with E-state index in [9.17, 15) is 4.79 Å². The van der Waals surface area contributed by atoms with Crippen LogP contribution < -0.4 is 10.6 Å². The molecule has 0 aromatic carbocycles. The summed E-state index contributed by atoms with van der Waals surface area (Å²) < 4.78 is 1.65. The van der Waals surface area contributed by atoms with Crippen LogP contribution in [0.5, 0.6) is 0 Å². The molecule has 15 heavy (non-hydrogen) atoms. The summed E-state index contributed by atoms with van der Waals surface area (Å²) in [5.74, 6) is 0.812. The van der Waals surface area contributed by atoms with E-state index in [-0.39, 0.29) is 5.91 Å². The standard InChI is InChI=1S/C9H17N5O/c1-3-11-9(15)4-5-10-6-8-12-7-14(2)13-8/h7,10H,3-6H2,1-2H3,(H,11,15). The number of aromatic nitrogens is 3. The summed E-state index contributed by atoms with van der Waals surface area (Å²) in [6.07, 6.45) is 2.14. The van der Waals surface area contributed by atoms with Crippen LogP contribution in [0.15, 0.2) is 6.33 Å². The first kappa shape index (κ1) is 11.6. The van der Waals surface area contributed by atoms with Gasteiger partial charge < -0.3 is 10.6 Å². The molecule has 6 nitrogen and oxygen atoms in total. The maximum Gasteiger partial charge on any atom is 0.221 e. The van der Waals surface area contributed by atoms with Crippen LogP contribution in [0.4, 0.5) is 0 Å². The van der Waals surface area contributed by atoms with E-state index in [1.807, 2.05) is 14.0 Å². The second kappa shape index (κ2) is 6.13. The van der Waals surface area contributed by atoms with E-state index in [0.29, 0.717) is 26.1 Å². The molecule has 0 unspecified atom stereocenters. The SMILES string of the molecule is CCNC(=O)CCNCc1ncn(C)n1. The lowest BCUT2D eigenvalue weighted by atomic mass is 10.4. The Hall–Kier alpha value is -1.43. The third-order valence-corrected chi connectivity index (χ3v) is 1.83. The Morgan fingerprint density at radius 3 is 3.00 bits per heavy atom. The predicted molar refractivity (Wildman–Crippen MR) is 56.0 cm³/mol. The van der Waals surface area contributed by atoms with Crippen molar-refractivity contribution in [1.29, 1.82) is 0 Å². The van der Waals surface area contributed by atoms with Gasteiger partial charge in [-0.3, -0.25) is 9.48 Å². The van der Waals surface area contributed by atoms with Gasteiger partial charge in [-0.05, 0) is 6.92 Å². The fourth-order valence-electron chi connectivity index (χ4n) is 1.15. The molecule has 1 amide bonds. The van der Waals surface area contributed by atoms with Crippen molar-refractivity contribution in [3.05, 3.63) is 12.2 Å². The molecular weight excluding hydrogens is 194 g/mol. The molecule has 1 aromatic heterocycles. The van der Waals surface area contributed by atoms with Gasteiger partial charge >= 0.3 is 0 Å². The van der Waals surface area contributed by atoms with Crippen LogP contribution in [-0.2, 0) is 18.4 Å². The smallest absolute Gasteiger partial charge is 0.221 e. The summed E-state index contributed by atoms with van der Waals surface area (Å²) in [5.41, 5.74) is 0. The lowest BCUT2D eigenvalue weighted by Gasteiger charge is -2.02. The normalized spacial score (nSPS) is 10.3. The molecule has 0 fully saturated rings. The van der Waals surface area contributed by atoms with Crippen molar-refractivity contribution in [2.24, 2.45) is 7.05 Å². The Bertz CT molecular complexity index is 309. The summed E-state index contributed by atoms with van der Waals surface area (Å²) in [7, 11) is 1.82. The Morgan fingerprint density at radius 1 is 1.60 bits per heavy atom. The minimum Gasteiger partial charge on any atom is -0.356 e. The zero-order valence-corrected chi connectivity index (χ0v) is 9.16. The van der Waals surface area contributed by atoms with Gasteiger partial charge in [0.05, 0.1) is 6.54 Å². The highest BCUT2D eigenvalue weighted by Crippen LogP contribution is 1.86. The van der Waals surface area contributed by atoms with Crippen molar-refractivity contribution < 1.29 is 4.79 Å². The maximum absolute atomic E-state index is 11.1. The number of nitrogens with one attached hydrogen (secondary N) is 2. The Labute approximate surface area is 89.1 Å². The molecule has 6 heteroatoms. The number of rotatable bonds is 6. The second-order valence-electron chi connectivity index (χ2n) is 3.21. The average molecular weight is 211 g/mol. The second-order valence-corrected chi connectivity index (χ2v) is 3.21. The third-order valence-electron chi connectivity index (χ3n) is 1.83. The van der Waals surface area contributed by atoms with E-state index in [1.54, 1.807) is 11.0 Å². The number of aryl methyl sites for hydroxylation is 1. The summed E-state index contributed by atoms with van der Waals surface area (Å²) >= 11 is 0. The highest BCUT2D eigenvalue weighted by Gasteiger charge is 2.00. The zero-order chi connectivity index (χ0) is 11.1. The van der Waals surface area contributed by atoms with Crippen LogP contribution in [0.1, 0.15) is 19.2 Å². The van der Waals surface area contributed by atoms with E-state index >= 15 is 0 Å².